The quantitative estimate of drug-likeness (QED) is 0.816. The van der Waals surface area contributed by atoms with Crippen LogP contribution in [0.4, 0.5) is 0 Å². The Hall–Kier alpha value is -1.40. The molecule has 6 nitrogen and oxygen atoms in total. The fourth-order valence-corrected chi connectivity index (χ4v) is 2.38. The van der Waals surface area contributed by atoms with Gasteiger partial charge in [-0.1, -0.05) is 0 Å². The fraction of sp³-hybridized carbons (Fsp3) is 0.714. The first-order valence-corrected chi connectivity index (χ1v) is 7.23. The van der Waals surface area contributed by atoms with Crippen LogP contribution in [0.25, 0.3) is 0 Å². The van der Waals surface area contributed by atoms with Gasteiger partial charge in [0.05, 0.1) is 18.9 Å². The second-order valence-corrected chi connectivity index (χ2v) is 5.20. The summed E-state index contributed by atoms with van der Waals surface area (Å²) in [6.07, 6.45) is 0.477. The van der Waals surface area contributed by atoms with E-state index in [4.69, 9.17) is 4.74 Å². The average Bonchev–Trinajstić information content (AvgIpc) is 2.76. The number of nitrogens with one attached hydrogen (secondary N) is 1. The summed E-state index contributed by atoms with van der Waals surface area (Å²) >= 11 is 0. The Morgan fingerprint density at radius 3 is 2.75 bits per heavy atom. The third kappa shape index (κ3) is 4.61. The number of carbonyl (C=O) groups is 1. The van der Waals surface area contributed by atoms with Crippen molar-refractivity contribution in [3.63, 3.8) is 0 Å². The van der Waals surface area contributed by atoms with Gasteiger partial charge in [0, 0.05) is 44.8 Å². The summed E-state index contributed by atoms with van der Waals surface area (Å²) in [5, 5.41) is 7.31. The molecule has 1 aliphatic rings. The smallest absolute Gasteiger partial charge is 0.221 e. The Balaban J connectivity index is 1.61. The van der Waals surface area contributed by atoms with E-state index in [9.17, 15) is 4.79 Å². The molecule has 0 aromatic carbocycles. The van der Waals surface area contributed by atoms with Gasteiger partial charge in [-0.15, -0.1) is 0 Å². The van der Waals surface area contributed by atoms with Crippen molar-refractivity contribution in [2.45, 2.75) is 26.8 Å². The summed E-state index contributed by atoms with van der Waals surface area (Å²) in [6, 6.07) is 2.02. The highest BCUT2D eigenvalue weighted by Gasteiger charge is 2.10. The van der Waals surface area contributed by atoms with Crippen molar-refractivity contribution in [3.05, 3.63) is 17.5 Å². The van der Waals surface area contributed by atoms with Gasteiger partial charge in [0.15, 0.2) is 0 Å². The van der Waals surface area contributed by atoms with Crippen LogP contribution in [0.3, 0.4) is 0 Å². The molecule has 1 fully saturated rings. The van der Waals surface area contributed by atoms with Gasteiger partial charge < -0.3 is 10.1 Å². The molecule has 0 atom stereocenters. The Kier molecular flexibility index (Phi) is 5.55. The van der Waals surface area contributed by atoms with Crippen LogP contribution < -0.4 is 5.32 Å². The molecule has 2 heterocycles. The maximum absolute atomic E-state index is 11.8. The van der Waals surface area contributed by atoms with E-state index in [1.807, 2.05) is 24.6 Å². The number of rotatable bonds is 6. The molecule has 2 rings (SSSR count). The zero-order valence-electron chi connectivity index (χ0n) is 12.4. The molecule has 1 amide bonds. The summed E-state index contributed by atoms with van der Waals surface area (Å²) in [5.41, 5.74) is 2.10. The van der Waals surface area contributed by atoms with Crippen molar-refractivity contribution in [2.24, 2.45) is 0 Å². The van der Waals surface area contributed by atoms with Gasteiger partial charge in [0.1, 0.15) is 0 Å². The Morgan fingerprint density at radius 1 is 1.35 bits per heavy atom. The van der Waals surface area contributed by atoms with E-state index in [-0.39, 0.29) is 5.91 Å². The van der Waals surface area contributed by atoms with Gasteiger partial charge in [0.25, 0.3) is 0 Å². The van der Waals surface area contributed by atoms with Crippen LogP contribution in [-0.2, 0) is 16.1 Å². The van der Waals surface area contributed by atoms with Gasteiger partial charge >= 0.3 is 0 Å². The molecule has 6 heteroatoms. The Bertz CT molecular complexity index is 438. The van der Waals surface area contributed by atoms with E-state index in [2.05, 4.69) is 15.3 Å². The SMILES string of the molecule is Cc1cc(C)n(CCC(=O)NCCN2CCOCC2)n1. The average molecular weight is 280 g/mol. The number of aromatic nitrogens is 2. The maximum atomic E-state index is 11.8. The van der Waals surface area contributed by atoms with Gasteiger partial charge in [-0.3, -0.25) is 14.4 Å². The first-order chi connectivity index (χ1) is 9.65. The summed E-state index contributed by atoms with van der Waals surface area (Å²) in [4.78, 5) is 14.1. The number of hydrogen-bond acceptors (Lipinski definition) is 4. The van der Waals surface area contributed by atoms with Crippen LogP contribution in [0.15, 0.2) is 6.07 Å². The first kappa shape index (κ1) is 15.0. The van der Waals surface area contributed by atoms with Gasteiger partial charge in [-0.25, -0.2) is 0 Å². The lowest BCUT2D eigenvalue weighted by Crippen LogP contribution is -2.41. The second kappa shape index (κ2) is 7.40. The highest BCUT2D eigenvalue weighted by molar-refractivity contribution is 5.75. The molecule has 0 radical (unpaired) electrons. The minimum Gasteiger partial charge on any atom is -0.379 e. The Morgan fingerprint density at radius 2 is 2.10 bits per heavy atom. The molecule has 0 spiro atoms. The molecule has 0 aliphatic carbocycles. The zero-order chi connectivity index (χ0) is 14.4. The summed E-state index contributed by atoms with van der Waals surface area (Å²) < 4.78 is 7.17. The third-order valence-corrected chi connectivity index (χ3v) is 3.51. The number of nitrogens with zero attached hydrogens (tertiary/aromatic N) is 3. The number of aryl methyl sites for hydroxylation is 3. The maximum Gasteiger partial charge on any atom is 0.221 e. The molecular weight excluding hydrogens is 256 g/mol. The zero-order valence-corrected chi connectivity index (χ0v) is 12.4. The molecule has 1 aromatic rings. The molecule has 0 unspecified atom stereocenters. The van der Waals surface area contributed by atoms with E-state index in [0.717, 1.165) is 44.2 Å². The van der Waals surface area contributed by atoms with Crippen LogP contribution in [0.1, 0.15) is 17.8 Å². The molecule has 1 N–H and O–H groups in total. The molecule has 0 saturated carbocycles. The monoisotopic (exact) mass is 280 g/mol. The van der Waals surface area contributed by atoms with Crippen LogP contribution in [0.5, 0.6) is 0 Å². The third-order valence-electron chi connectivity index (χ3n) is 3.51. The predicted molar refractivity (Wildman–Crippen MR) is 76.6 cm³/mol. The van der Waals surface area contributed by atoms with Crippen molar-refractivity contribution in [1.82, 2.24) is 20.0 Å². The first-order valence-electron chi connectivity index (χ1n) is 7.23. The summed E-state index contributed by atoms with van der Waals surface area (Å²) in [6.45, 7) is 9.73. The molecule has 20 heavy (non-hydrogen) atoms. The lowest BCUT2D eigenvalue weighted by Gasteiger charge is -2.26. The highest BCUT2D eigenvalue weighted by atomic mass is 16.5. The molecule has 0 bridgehead atoms. The van der Waals surface area contributed by atoms with Crippen LogP contribution in [-0.4, -0.2) is 60.0 Å². The Labute approximate surface area is 120 Å². The number of ether oxygens (including phenoxy) is 1. The van der Waals surface area contributed by atoms with Crippen molar-refractivity contribution in [2.75, 3.05) is 39.4 Å². The van der Waals surface area contributed by atoms with E-state index in [1.54, 1.807) is 0 Å². The normalized spacial score (nSPS) is 16.3. The summed E-state index contributed by atoms with van der Waals surface area (Å²) in [7, 11) is 0. The number of carbonyl (C=O) groups excluding carboxylic acids is 1. The number of amides is 1. The summed E-state index contributed by atoms with van der Waals surface area (Å²) in [5.74, 6) is 0.0887. The lowest BCUT2D eigenvalue weighted by atomic mass is 10.3. The highest BCUT2D eigenvalue weighted by Crippen LogP contribution is 2.02. The van der Waals surface area contributed by atoms with E-state index < -0.39 is 0 Å². The molecule has 1 aliphatic heterocycles. The number of hydrogen-bond donors (Lipinski definition) is 1. The number of morpholine rings is 1. The van der Waals surface area contributed by atoms with Crippen molar-refractivity contribution < 1.29 is 9.53 Å². The van der Waals surface area contributed by atoms with E-state index in [1.165, 1.54) is 0 Å². The van der Waals surface area contributed by atoms with Gasteiger partial charge in [-0.05, 0) is 19.9 Å². The lowest BCUT2D eigenvalue weighted by molar-refractivity contribution is -0.121. The fourth-order valence-electron chi connectivity index (χ4n) is 2.38. The van der Waals surface area contributed by atoms with Crippen LogP contribution in [0, 0.1) is 13.8 Å². The van der Waals surface area contributed by atoms with Crippen molar-refractivity contribution in [3.8, 4) is 0 Å². The van der Waals surface area contributed by atoms with Crippen molar-refractivity contribution in [1.29, 1.82) is 0 Å². The topological polar surface area (TPSA) is 59.4 Å². The molecule has 1 saturated heterocycles. The van der Waals surface area contributed by atoms with Crippen molar-refractivity contribution >= 4 is 5.91 Å². The molecule has 1 aromatic heterocycles. The van der Waals surface area contributed by atoms with E-state index >= 15 is 0 Å². The standard InChI is InChI=1S/C14H24N4O2/c1-12-11-13(2)18(16-12)5-3-14(19)15-4-6-17-7-9-20-10-8-17/h11H,3-10H2,1-2H3,(H,15,19). The molecule has 112 valence electrons. The van der Waals surface area contributed by atoms with Crippen LogP contribution in [0.2, 0.25) is 0 Å². The second-order valence-electron chi connectivity index (χ2n) is 5.20. The van der Waals surface area contributed by atoms with Gasteiger partial charge in [-0.2, -0.15) is 5.10 Å². The minimum atomic E-state index is 0.0887. The minimum absolute atomic E-state index is 0.0887. The largest absolute Gasteiger partial charge is 0.379 e. The van der Waals surface area contributed by atoms with E-state index in [0.29, 0.717) is 19.5 Å². The van der Waals surface area contributed by atoms with Crippen LogP contribution >= 0.6 is 0 Å². The predicted octanol–water partition coefficient (Wildman–Crippen LogP) is 0.338. The molecular formula is C14H24N4O2. The van der Waals surface area contributed by atoms with Gasteiger partial charge in [0.2, 0.25) is 5.91 Å².